The van der Waals surface area contributed by atoms with E-state index in [-0.39, 0.29) is 6.54 Å². The zero-order chi connectivity index (χ0) is 16.4. The first-order valence-electron chi connectivity index (χ1n) is 6.36. The zero-order valence-corrected chi connectivity index (χ0v) is 12.4. The van der Waals surface area contributed by atoms with Gasteiger partial charge in [0.25, 0.3) is 0 Å². The van der Waals surface area contributed by atoms with Crippen LogP contribution in [0.5, 0.6) is 0 Å². The van der Waals surface area contributed by atoms with E-state index in [0.717, 1.165) is 18.2 Å². The van der Waals surface area contributed by atoms with E-state index in [1.54, 1.807) is 19.2 Å². The molecule has 0 aliphatic heterocycles. The lowest BCUT2D eigenvalue weighted by Gasteiger charge is -2.17. The van der Waals surface area contributed by atoms with E-state index < -0.39 is 32.7 Å². The van der Waals surface area contributed by atoms with Crippen LogP contribution in [0.1, 0.15) is 12.5 Å². The molecule has 0 radical (unpaired) electrons. The van der Waals surface area contributed by atoms with Gasteiger partial charge in [-0.25, -0.2) is 13.1 Å². The van der Waals surface area contributed by atoms with Crippen molar-refractivity contribution in [2.45, 2.75) is 30.6 Å². The van der Waals surface area contributed by atoms with Crippen molar-refractivity contribution < 1.29 is 21.6 Å². The number of rotatable bonds is 5. The Morgan fingerprint density at radius 1 is 1.27 bits per heavy atom. The van der Waals surface area contributed by atoms with Crippen molar-refractivity contribution in [1.29, 1.82) is 0 Å². The van der Waals surface area contributed by atoms with Gasteiger partial charge in [0.1, 0.15) is 0 Å². The van der Waals surface area contributed by atoms with Crippen LogP contribution in [0.2, 0.25) is 0 Å². The number of halogens is 3. The van der Waals surface area contributed by atoms with Crippen molar-refractivity contribution in [2.24, 2.45) is 0 Å². The molecular weight excluding hydrogens is 319 g/mol. The van der Waals surface area contributed by atoms with Crippen molar-refractivity contribution in [3.05, 3.63) is 48.3 Å². The molecule has 1 unspecified atom stereocenters. The van der Waals surface area contributed by atoms with Crippen LogP contribution < -0.4 is 4.72 Å². The number of sulfonamides is 1. The van der Waals surface area contributed by atoms with E-state index in [0.29, 0.717) is 0 Å². The van der Waals surface area contributed by atoms with Crippen LogP contribution in [-0.2, 0) is 22.7 Å². The topological polar surface area (TPSA) is 64.0 Å². The molecule has 2 rings (SSSR count). The Kier molecular flexibility index (Phi) is 4.57. The molecule has 0 fully saturated rings. The lowest BCUT2D eigenvalue weighted by atomic mass is 10.2. The maximum absolute atomic E-state index is 12.9. The predicted octanol–water partition coefficient (Wildman–Crippen LogP) is 2.27. The van der Waals surface area contributed by atoms with Gasteiger partial charge in [0, 0.05) is 18.4 Å². The van der Waals surface area contributed by atoms with Crippen molar-refractivity contribution >= 4 is 10.0 Å². The summed E-state index contributed by atoms with van der Waals surface area (Å²) < 4.78 is 66.9. The normalized spacial score (nSPS) is 14.0. The number of hydrogen-bond acceptors (Lipinski definition) is 3. The van der Waals surface area contributed by atoms with Gasteiger partial charge in [0.15, 0.2) is 0 Å². The quantitative estimate of drug-likeness (QED) is 0.913. The first kappa shape index (κ1) is 16.5. The zero-order valence-electron chi connectivity index (χ0n) is 11.6. The van der Waals surface area contributed by atoms with E-state index in [1.807, 2.05) is 0 Å². The molecule has 9 heteroatoms. The number of aromatic nitrogens is 2. The minimum absolute atomic E-state index is 0.209. The molecule has 1 heterocycles. The van der Waals surface area contributed by atoms with Crippen LogP contribution in [0.25, 0.3) is 0 Å². The lowest BCUT2D eigenvalue weighted by molar-refractivity contribution is -0.139. The number of nitrogens with one attached hydrogen (secondary N) is 1. The summed E-state index contributed by atoms with van der Waals surface area (Å²) in [6, 6.07) is 5.13. The Morgan fingerprint density at radius 3 is 2.55 bits per heavy atom. The van der Waals surface area contributed by atoms with Crippen LogP contribution in [0.15, 0.2) is 47.6 Å². The minimum Gasteiger partial charge on any atom is -0.271 e. The van der Waals surface area contributed by atoms with Gasteiger partial charge >= 0.3 is 6.18 Å². The molecule has 1 N–H and O–H groups in total. The van der Waals surface area contributed by atoms with Crippen LogP contribution in [0, 0.1) is 0 Å². The van der Waals surface area contributed by atoms with Gasteiger partial charge in [0.2, 0.25) is 10.0 Å². The molecule has 0 aliphatic rings. The maximum atomic E-state index is 12.9. The van der Waals surface area contributed by atoms with E-state index in [4.69, 9.17) is 0 Å². The molecule has 22 heavy (non-hydrogen) atoms. The highest BCUT2D eigenvalue weighted by atomic mass is 32.2. The van der Waals surface area contributed by atoms with Crippen molar-refractivity contribution in [3.63, 3.8) is 0 Å². The predicted molar refractivity (Wildman–Crippen MR) is 73.5 cm³/mol. The summed E-state index contributed by atoms with van der Waals surface area (Å²) in [5.41, 5.74) is -1.19. The minimum atomic E-state index is -4.74. The third-order valence-corrected chi connectivity index (χ3v) is 4.51. The summed E-state index contributed by atoms with van der Waals surface area (Å²) in [5, 5.41) is 3.92. The molecule has 1 aromatic heterocycles. The van der Waals surface area contributed by atoms with Gasteiger partial charge in [-0.15, -0.1) is 0 Å². The van der Waals surface area contributed by atoms with Crippen LogP contribution >= 0.6 is 0 Å². The third kappa shape index (κ3) is 3.86. The largest absolute Gasteiger partial charge is 0.417 e. The molecule has 0 amide bonds. The average Bonchev–Trinajstić information content (AvgIpc) is 2.89. The van der Waals surface area contributed by atoms with Crippen molar-refractivity contribution in [2.75, 3.05) is 0 Å². The molecule has 5 nitrogen and oxygen atoms in total. The van der Waals surface area contributed by atoms with Crippen molar-refractivity contribution in [3.8, 4) is 0 Å². The second kappa shape index (κ2) is 6.09. The average molecular weight is 333 g/mol. The molecule has 1 aromatic carbocycles. The summed E-state index contributed by atoms with van der Waals surface area (Å²) in [5.74, 6) is 0. The standard InChI is InChI=1S/C13H14F3N3O2S/c1-10(9-19-8-4-7-17-19)18-22(20,21)12-6-3-2-5-11(12)13(14,15)16/h2-8,10,18H,9H2,1H3. The monoisotopic (exact) mass is 333 g/mol. The summed E-state index contributed by atoms with van der Waals surface area (Å²) in [4.78, 5) is -0.783. The smallest absolute Gasteiger partial charge is 0.271 e. The summed E-state index contributed by atoms with van der Waals surface area (Å²) in [7, 11) is -4.29. The highest BCUT2D eigenvalue weighted by molar-refractivity contribution is 7.89. The van der Waals surface area contributed by atoms with E-state index in [9.17, 15) is 21.6 Å². The highest BCUT2D eigenvalue weighted by Crippen LogP contribution is 2.33. The van der Waals surface area contributed by atoms with Crippen LogP contribution in [0.4, 0.5) is 13.2 Å². The molecule has 0 spiro atoms. The van der Waals surface area contributed by atoms with Gasteiger partial charge in [-0.05, 0) is 25.1 Å². The molecule has 2 aromatic rings. The molecule has 0 saturated carbocycles. The number of alkyl halides is 3. The van der Waals surface area contributed by atoms with Crippen LogP contribution in [-0.4, -0.2) is 24.2 Å². The summed E-state index contributed by atoms with van der Waals surface area (Å²) in [6.45, 7) is 1.76. The Balaban J connectivity index is 2.24. The molecule has 0 bridgehead atoms. The summed E-state index contributed by atoms with van der Waals surface area (Å²) >= 11 is 0. The Labute approximate surface area is 125 Å². The molecule has 0 aliphatic carbocycles. The van der Waals surface area contributed by atoms with Gasteiger partial charge < -0.3 is 0 Å². The fourth-order valence-electron chi connectivity index (χ4n) is 1.99. The lowest BCUT2D eigenvalue weighted by Crippen LogP contribution is -2.36. The molecule has 120 valence electrons. The second-order valence-electron chi connectivity index (χ2n) is 4.74. The van der Waals surface area contributed by atoms with E-state index >= 15 is 0 Å². The Hall–Kier alpha value is -1.87. The van der Waals surface area contributed by atoms with Crippen molar-refractivity contribution in [1.82, 2.24) is 14.5 Å². The number of nitrogens with zero attached hydrogens (tertiary/aromatic N) is 2. The fraction of sp³-hybridized carbons (Fsp3) is 0.308. The second-order valence-corrected chi connectivity index (χ2v) is 6.43. The Bertz CT molecular complexity index is 727. The Morgan fingerprint density at radius 2 is 1.95 bits per heavy atom. The number of hydrogen-bond donors (Lipinski definition) is 1. The first-order valence-corrected chi connectivity index (χ1v) is 7.84. The first-order chi connectivity index (χ1) is 10.2. The fourth-order valence-corrected chi connectivity index (χ4v) is 3.45. The van der Waals surface area contributed by atoms with Gasteiger partial charge in [0.05, 0.1) is 17.0 Å². The maximum Gasteiger partial charge on any atom is 0.417 e. The third-order valence-electron chi connectivity index (χ3n) is 2.86. The van der Waals surface area contributed by atoms with E-state index in [2.05, 4.69) is 9.82 Å². The molecule has 0 saturated heterocycles. The molecular formula is C13H14F3N3O2S. The van der Waals surface area contributed by atoms with Gasteiger partial charge in [-0.3, -0.25) is 4.68 Å². The SMILES string of the molecule is CC(Cn1cccn1)NS(=O)(=O)c1ccccc1C(F)(F)F. The van der Waals surface area contributed by atoms with Gasteiger partial charge in [-0.1, -0.05) is 12.1 Å². The highest BCUT2D eigenvalue weighted by Gasteiger charge is 2.37. The summed E-state index contributed by atoms with van der Waals surface area (Å²) in [6.07, 6.45) is -1.58. The molecule has 1 atom stereocenters. The van der Waals surface area contributed by atoms with E-state index in [1.165, 1.54) is 16.9 Å². The van der Waals surface area contributed by atoms with Gasteiger partial charge in [-0.2, -0.15) is 18.3 Å². The number of benzene rings is 1. The van der Waals surface area contributed by atoms with Crippen LogP contribution in [0.3, 0.4) is 0 Å².